The fraction of sp³-hybridized carbons (Fsp3) is 0.429. The van der Waals surface area contributed by atoms with Crippen molar-refractivity contribution in [3.05, 3.63) is 48.0 Å². The summed E-state index contributed by atoms with van der Waals surface area (Å²) in [5, 5.41) is 7.76. The minimum Gasteiger partial charge on any atom is -0.381 e. The molecule has 0 aliphatic heterocycles. The Morgan fingerprint density at radius 1 is 0.923 bits per heavy atom. The third-order valence-corrected chi connectivity index (χ3v) is 4.08. The average molecular weight is 356 g/mol. The molecule has 140 valence electrons. The number of nitrogens with one attached hydrogen (secondary N) is 2. The van der Waals surface area contributed by atoms with Crippen LogP contribution in [-0.4, -0.2) is 38.1 Å². The Kier molecular flexibility index (Phi) is 8.63. The first-order valence-corrected chi connectivity index (χ1v) is 9.32. The summed E-state index contributed by atoms with van der Waals surface area (Å²) in [7, 11) is 0. The number of amides is 2. The fourth-order valence-corrected chi connectivity index (χ4v) is 2.56. The maximum Gasteiger partial charge on any atom is 0.251 e. The van der Waals surface area contributed by atoms with Crippen molar-refractivity contribution in [2.45, 2.75) is 32.6 Å². The van der Waals surface area contributed by atoms with Gasteiger partial charge in [-0.3, -0.25) is 9.59 Å². The highest BCUT2D eigenvalue weighted by Crippen LogP contribution is 2.15. The molecule has 0 spiro atoms. The predicted molar refractivity (Wildman–Crippen MR) is 104 cm³/mol. The molecule has 0 fully saturated rings. The first kappa shape index (κ1) is 19.9. The molecule has 2 aromatic carbocycles. The Balaban J connectivity index is 1.62. The zero-order chi connectivity index (χ0) is 18.6. The first-order chi connectivity index (χ1) is 12.7. The number of ether oxygens (including phenoxy) is 1. The first-order valence-electron chi connectivity index (χ1n) is 9.32. The highest BCUT2D eigenvalue weighted by atomic mass is 16.5. The monoisotopic (exact) mass is 356 g/mol. The molecule has 0 aliphatic carbocycles. The van der Waals surface area contributed by atoms with Gasteiger partial charge in [-0.05, 0) is 35.7 Å². The van der Waals surface area contributed by atoms with Gasteiger partial charge >= 0.3 is 0 Å². The van der Waals surface area contributed by atoms with Crippen molar-refractivity contribution in [1.29, 1.82) is 0 Å². The standard InChI is InChI=1S/C21H28N2O3/c1-2-3-14-26-15-6-12-22-20(24)11-13-23-21(25)19-10-9-17-7-4-5-8-18(17)16-19/h4-5,7-10,16H,2-3,6,11-15H2,1H3,(H,22,24)(H,23,25). The zero-order valence-corrected chi connectivity index (χ0v) is 15.4. The van der Waals surface area contributed by atoms with Crippen LogP contribution in [0.5, 0.6) is 0 Å². The molecule has 0 saturated carbocycles. The Labute approximate surface area is 155 Å². The summed E-state index contributed by atoms with van der Waals surface area (Å²) in [6.07, 6.45) is 3.28. The number of unbranched alkanes of at least 4 members (excludes halogenated alkanes) is 1. The average Bonchev–Trinajstić information content (AvgIpc) is 2.66. The molecular formula is C21H28N2O3. The van der Waals surface area contributed by atoms with Crippen molar-refractivity contribution in [3.63, 3.8) is 0 Å². The van der Waals surface area contributed by atoms with Gasteiger partial charge in [-0.25, -0.2) is 0 Å². The molecule has 2 aromatic rings. The van der Waals surface area contributed by atoms with Gasteiger partial charge in [0.15, 0.2) is 0 Å². The number of rotatable bonds is 11. The van der Waals surface area contributed by atoms with Gasteiger partial charge in [0.2, 0.25) is 5.91 Å². The topological polar surface area (TPSA) is 67.4 Å². The van der Waals surface area contributed by atoms with Gasteiger partial charge in [-0.15, -0.1) is 0 Å². The molecule has 5 nitrogen and oxygen atoms in total. The number of carbonyl (C=O) groups excluding carboxylic acids is 2. The number of fused-ring (bicyclic) bond motifs is 1. The molecular weight excluding hydrogens is 328 g/mol. The molecule has 26 heavy (non-hydrogen) atoms. The van der Waals surface area contributed by atoms with Crippen LogP contribution in [0.2, 0.25) is 0 Å². The minimum atomic E-state index is -0.159. The van der Waals surface area contributed by atoms with E-state index in [1.807, 2.05) is 36.4 Å². The Bertz CT molecular complexity index is 715. The lowest BCUT2D eigenvalue weighted by Gasteiger charge is -2.08. The highest BCUT2D eigenvalue weighted by molar-refractivity contribution is 5.98. The highest BCUT2D eigenvalue weighted by Gasteiger charge is 2.07. The van der Waals surface area contributed by atoms with Gasteiger partial charge in [-0.2, -0.15) is 0 Å². The van der Waals surface area contributed by atoms with E-state index in [4.69, 9.17) is 4.74 Å². The second kappa shape index (κ2) is 11.3. The summed E-state index contributed by atoms with van der Waals surface area (Å²) in [6, 6.07) is 13.5. The smallest absolute Gasteiger partial charge is 0.251 e. The largest absolute Gasteiger partial charge is 0.381 e. The van der Waals surface area contributed by atoms with Crippen LogP contribution in [0.4, 0.5) is 0 Å². The molecule has 0 aromatic heterocycles. The molecule has 0 saturated heterocycles. The maximum absolute atomic E-state index is 12.2. The quantitative estimate of drug-likeness (QED) is 0.607. The molecule has 0 atom stereocenters. The molecule has 0 aliphatic rings. The maximum atomic E-state index is 12.2. The van der Waals surface area contributed by atoms with E-state index in [9.17, 15) is 9.59 Å². The van der Waals surface area contributed by atoms with E-state index in [2.05, 4.69) is 17.6 Å². The van der Waals surface area contributed by atoms with Gasteiger partial charge in [0, 0.05) is 38.3 Å². The van der Waals surface area contributed by atoms with Crippen LogP contribution in [0.3, 0.4) is 0 Å². The van der Waals surface area contributed by atoms with Crippen molar-refractivity contribution < 1.29 is 14.3 Å². The molecule has 0 heterocycles. The predicted octanol–water partition coefficient (Wildman–Crippen LogP) is 3.28. The van der Waals surface area contributed by atoms with Crippen molar-refractivity contribution in [1.82, 2.24) is 10.6 Å². The van der Waals surface area contributed by atoms with E-state index in [1.54, 1.807) is 6.07 Å². The van der Waals surface area contributed by atoms with Crippen molar-refractivity contribution in [2.24, 2.45) is 0 Å². The Morgan fingerprint density at radius 3 is 2.50 bits per heavy atom. The molecule has 0 unspecified atom stereocenters. The van der Waals surface area contributed by atoms with E-state index >= 15 is 0 Å². The Morgan fingerprint density at radius 2 is 1.69 bits per heavy atom. The van der Waals surface area contributed by atoms with Crippen LogP contribution in [0, 0.1) is 0 Å². The normalized spacial score (nSPS) is 10.7. The van der Waals surface area contributed by atoms with Crippen LogP contribution < -0.4 is 10.6 Å². The van der Waals surface area contributed by atoms with E-state index < -0.39 is 0 Å². The number of benzene rings is 2. The van der Waals surface area contributed by atoms with Gasteiger partial charge in [0.25, 0.3) is 5.91 Å². The molecule has 2 rings (SSSR count). The SMILES string of the molecule is CCCCOCCCNC(=O)CCNC(=O)c1ccc2ccccc2c1. The summed E-state index contributed by atoms with van der Waals surface area (Å²) < 4.78 is 5.44. The second-order valence-electron chi connectivity index (χ2n) is 6.24. The van der Waals surface area contributed by atoms with Crippen LogP contribution in [0.1, 0.15) is 43.0 Å². The molecule has 2 amide bonds. The number of carbonyl (C=O) groups is 2. The van der Waals surface area contributed by atoms with Crippen molar-refractivity contribution in [3.8, 4) is 0 Å². The van der Waals surface area contributed by atoms with Crippen LogP contribution in [-0.2, 0) is 9.53 Å². The summed E-state index contributed by atoms with van der Waals surface area (Å²) in [5.74, 6) is -0.217. The Hall–Kier alpha value is -2.40. The van der Waals surface area contributed by atoms with Crippen LogP contribution in [0.15, 0.2) is 42.5 Å². The van der Waals surface area contributed by atoms with Gasteiger partial charge in [0.1, 0.15) is 0 Å². The third-order valence-electron chi connectivity index (χ3n) is 4.08. The van der Waals surface area contributed by atoms with E-state index in [1.165, 1.54) is 0 Å². The molecule has 0 bridgehead atoms. The summed E-state index contributed by atoms with van der Waals surface area (Å²) >= 11 is 0. The number of hydrogen-bond acceptors (Lipinski definition) is 3. The zero-order valence-electron chi connectivity index (χ0n) is 15.4. The van der Waals surface area contributed by atoms with E-state index in [0.29, 0.717) is 25.3 Å². The van der Waals surface area contributed by atoms with E-state index in [-0.39, 0.29) is 18.2 Å². The van der Waals surface area contributed by atoms with Gasteiger partial charge in [-0.1, -0.05) is 43.7 Å². The summed E-state index contributed by atoms with van der Waals surface area (Å²) in [4.78, 5) is 24.0. The third kappa shape index (κ3) is 6.84. The van der Waals surface area contributed by atoms with Crippen LogP contribution in [0.25, 0.3) is 10.8 Å². The lowest BCUT2D eigenvalue weighted by atomic mass is 10.1. The lowest BCUT2D eigenvalue weighted by Crippen LogP contribution is -2.31. The fourth-order valence-electron chi connectivity index (χ4n) is 2.56. The lowest BCUT2D eigenvalue weighted by molar-refractivity contribution is -0.120. The summed E-state index contributed by atoms with van der Waals surface area (Å²) in [6.45, 7) is 4.50. The minimum absolute atomic E-state index is 0.0580. The van der Waals surface area contributed by atoms with Gasteiger partial charge in [0.05, 0.1) is 0 Å². The molecule has 2 N–H and O–H groups in total. The molecule has 0 radical (unpaired) electrons. The number of hydrogen-bond donors (Lipinski definition) is 2. The van der Waals surface area contributed by atoms with Crippen molar-refractivity contribution >= 4 is 22.6 Å². The van der Waals surface area contributed by atoms with Crippen molar-refractivity contribution in [2.75, 3.05) is 26.3 Å². The second-order valence-corrected chi connectivity index (χ2v) is 6.24. The van der Waals surface area contributed by atoms with E-state index in [0.717, 1.165) is 36.6 Å². The summed E-state index contributed by atoms with van der Waals surface area (Å²) in [5.41, 5.74) is 0.605. The van der Waals surface area contributed by atoms with Gasteiger partial charge < -0.3 is 15.4 Å². The van der Waals surface area contributed by atoms with Crippen LogP contribution >= 0.6 is 0 Å². The molecule has 5 heteroatoms.